The molecule has 7 nitrogen and oxygen atoms in total. The topological polar surface area (TPSA) is 68.1 Å². The summed E-state index contributed by atoms with van der Waals surface area (Å²) in [6.45, 7) is 2.28. The first kappa shape index (κ1) is 19.1. The average Bonchev–Trinajstić information content (AvgIpc) is 2.30. The van der Waals surface area contributed by atoms with Gasteiger partial charge in [0.2, 0.25) is 0 Å². The Morgan fingerprint density at radius 2 is 1.60 bits per heavy atom. The summed E-state index contributed by atoms with van der Waals surface area (Å²) in [5.74, 6) is 0. The second-order valence-electron chi connectivity index (χ2n) is 5.75. The largest absolute Gasteiger partial charge is 0.350 e. The number of hydrogen-bond acceptors (Lipinski definition) is 5. The van der Waals surface area contributed by atoms with Gasteiger partial charge in [-0.25, -0.2) is 10.2 Å². The van der Waals surface area contributed by atoms with E-state index in [9.17, 15) is 4.79 Å². The molecule has 0 heterocycles. The summed E-state index contributed by atoms with van der Waals surface area (Å²) in [5, 5.41) is 1.51. The highest BCUT2D eigenvalue weighted by Gasteiger charge is 2.15. The molecule has 0 saturated carbocycles. The van der Waals surface area contributed by atoms with Crippen LogP contribution in [0.1, 0.15) is 12.8 Å². The van der Waals surface area contributed by atoms with Crippen LogP contribution in [0.25, 0.3) is 0 Å². The number of nitrogens with one attached hydrogen (secondary N) is 1. The van der Waals surface area contributed by atoms with Crippen LogP contribution in [0.2, 0.25) is 0 Å². The zero-order valence-corrected chi connectivity index (χ0v) is 13.9. The molecular formula is C13H32N6O. The third-order valence-electron chi connectivity index (χ3n) is 3.15. The van der Waals surface area contributed by atoms with Gasteiger partial charge in [-0.05, 0) is 61.7 Å². The SMILES string of the molecule is CN(C)CCCN(NCCC(N(C)C)N(C)C)C(N)=O. The van der Waals surface area contributed by atoms with Crippen LogP contribution in [0.15, 0.2) is 0 Å². The summed E-state index contributed by atoms with van der Waals surface area (Å²) in [5.41, 5.74) is 8.50. The molecule has 0 saturated heterocycles. The Morgan fingerprint density at radius 3 is 2.00 bits per heavy atom. The Morgan fingerprint density at radius 1 is 1.05 bits per heavy atom. The molecule has 0 bridgehead atoms. The fourth-order valence-electron chi connectivity index (χ4n) is 2.12. The van der Waals surface area contributed by atoms with Gasteiger partial charge in [0, 0.05) is 13.1 Å². The molecule has 2 amide bonds. The van der Waals surface area contributed by atoms with Crippen LogP contribution >= 0.6 is 0 Å². The van der Waals surface area contributed by atoms with Gasteiger partial charge in [0.05, 0.1) is 6.17 Å². The molecule has 20 heavy (non-hydrogen) atoms. The van der Waals surface area contributed by atoms with Gasteiger partial charge in [0.1, 0.15) is 0 Å². The molecule has 3 N–H and O–H groups in total. The standard InChI is InChI=1S/C13H32N6O/c1-16(2)10-7-11-19(13(14)20)15-9-8-12(17(3)4)18(5)6/h12,15H,7-11H2,1-6H3,(H2,14,20). The van der Waals surface area contributed by atoms with Gasteiger partial charge >= 0.3 is 6.03 Å². The number of urea groups is 1. The molecule has 0 aromatic rings. The lowest BCUT2D eigenvalue weighted by molar-refractivity contribution is 0.109. The van der Waals surface area contributed by atoms with Crippen LogP contribution in [0.5, 0.6) is 0 Å². The van der Waals surface area contributed by atoms with E-state index in [0.717, 1.165) is 19.4 Å². The Labute approximate surface area is 123 Å². The van der Waals surface area contributed by atoms with E-state index in [1.807, 2.05) is 42.3 Å². The van der Waals surface area contributed by atoms with Crippen molar-refractivity contribution in [3.8, 4) is 0 Å². The first-order valence-corrected chi connectivity index (χ1v) is 7.03. The minimum absolute atomic E-state index is 0.332. The molecule has 0 radical (unpaired) electrons. The van der Waals surface area contributed by atoms with Gasteiger partial charge in [-0.3, -0.25) is 14.8 Å². The zero-order valence-electron chi connectivity index (χ0n) is 13.9. The van der Waals surface area contributed by atoms with Crippen molar-refractivity contribution in [1.82, 2.24) is 25.1 Å². The van der Waals surface area contributed by atoms with Crippen molar-refractivity contribution >= 4 is 6.03 Å². The van der Waals surface area contributed by atoms with Crippen LogP contribution in [0.3, 0.4) is 0 Å². The number of hydrogen-bond donors (Lipinski definition) is 2. The van der Waals surface area contributed by atoms with E-state index in [1.54, 1.807) is 0 Å². The summed E-state index contributed by atoms with van der Waals surface area (Å²) in [6, 6.07) is -0.421. The molecule has 0 fully saturated rings. The summed E-state index contributed by atoms with van der Waals surface area (Å²) in [7, 11) is 12.2. The van der Waals surface area contributed by atoms with Crippen molar-refractivity contribution in [3.63, 3.8) is 0 Å². The lowest BCUT2D eigenvalue weighted by Crippen LogP contribution is -2.49. The van der Waals surface area contributed by atoms with Crippen molar-refractivity contribution < 1.29 is 4.79 Å². The van der Waals surface area contributed by atoms with Crippen molar-refractivity contribution in [2.45, 2.75) is 19.0 Å². The van der Waals surface area contributed by atoms with Gasteiger partial charge in [-0.2, -0.15) is 0 Å². The minimum atomic E-state index is -0.421. The van der Waals surface area contributed by atoms with E-state index in [2.05, 4.69) is 20.1 Å². The number of hydrazine groups is 1. The maximum Gasteiger partial charge on any atom is 0.329 e. The van der Waals surface area contributed by atoms with Gasteiger partial charge < -0.3 is 10.6 Å². The van der Waals surface area contributed by atoms with Crippen molar-refractivity contribution in [1.29, 1.82) is 0 Å². The quantitative estimate of drug-likeness (QED) is 0.425. The molecule has 0 unspecified atom stereocenters. The molecule has 0 aliphatic carbocycles. The number of carbonyl (C=O) groups is 1. The highest BCUT2D eigenvalue weighted by molar-refractivity contribution is 5.71. The first-order chi connectivity index (χ1) is 9.25. The molecule has 0 aliphatic rings. The lowest BCUT2D eigenvalue weighted by Gasteiger charge is -2.31. The monoisotopic (exact) mass is 288 g/mol. The Hall–Kier alpha value is -0.890. The van der Waals surface area contributed by atoms with Crippen LogP contribution < -0.4 is 11.2 Å². The normalized spacial score (nSPS) is 11.9. The van der Waals surface area contributed by atoms with E-state index in [0.29, 0.717) is 19.3 Å². The third kappa shape index (κ3) is 8.31. The zero-order chi connectivity index (χ0) is 15.7. The number of nitrogens with two attached hydrogens (primary N) is 1. The first-order valence-electron chi connectivity index (χ1n) is 7.03. The molecule has 0 atom stereocenters. The van der Waals surface area contributed by atoms with Crippen LogP contribution in [-0.4, -0.2) is 93.8 Å². The average molecular weight is 288 g/mol. The van der Waals surface area contributed by atoms with Gasteiger partial charge in [0.25, 0.3) is 0 Å². The minimum Gasteiger partial charge on any atom is -0.350 e. The van der Waals surface area contributed by atoms with Crippen LogP contribution in [-0.2, 0) is 0 Å². The molecule has 0 spiro atoms. The second kappa shape index (κ2) is 9.93. The Balaban J connectivity index is 4.11. The number of nitrogens with zero attached hydrogens (tertiary/aromatic N) is 4. The van der Waals surface area contributed by atoms with Crippen LogP contribution in [0.4, 0.5) is 4.79 Å². The highest BCUT2D eigenvalue weighted by Crippen LogP contribution is 2.02. The molecule has 0 aliphatic heterocycles. The summed E-state index contributed by atoms with van der Waals surface area (Å²) >= 11 is 0. The van der Waals surface area contributed by atoms with Crippen molar-refractivity contribution in [2.75, 3.05) is 61.9 Å². The fourth-order valence-corrected chi connectivity index (χ4v) is 2.12. The van der Waals surface area contributed by atoms with E-state index in [-0.39, 0.29) is 0 Å². The number of rotatable bonds is 10. The predicted octanol–water partition coefficient (Wildman–Crippen LogP) is -0.337. The molecule has 7 heteroatoms. The summed E-state index contributed by atoms with van der Waals surface area (Å²) in [6.07, 6.45) is 2.14. The van der Waals surface area contributed by atoms with E-state index in [4.69, 9.17) is 5.73 Å². The van der Waals surface area contributed by atoms with Crippen molar-refractivity contribution in [3.05, 3.63) is 0 Å². The Kier molecular flexibility index (Phi) is 9.49. The smallest absolute Gasteiger partial charge is 0.329 e. The number of amides is 2. The molecule has 0 rings (SSSR count). The molecule has 0 aromatic heterocycles. The van der Waals surface area contributed by atoms with E-state index < -0.39 is 6.03 Å². The highest BCUT2D eigenvalue weighted by atomic mass is 16.2. The second-order valence-corrected chi connectivity index (χ2v) is 5.75. The lowest BCUT2D eigenvalue weighted by atomic mass is 10.3. The van der Waals surface area contributed by atoms with Crippen molar-refractivity contribution in [2.24, 2.45) is 5.73 Å². The third-order valence-corrected chi connectivity index (χ3v) is 3.15. The number of primary amides is 1. The van der Waals surface area contributed by atoms with E-state index >= 15 is 0 Å². The van der Waals surface area contributed by atoms with E-state index in [1.165, 1.54) is 5.01 Å². The van der Waals surface area contributed by atoms with Gasteiger partial charge in [0.15, 0.2) is 0 Å². The maximum absolute atomic E-state index is 11.4. The summed E-state index contributed by atoms with van der Waals surface area (Å²) in [4.78, 5) is 17.8. The molecular weight excluding hydrogens is 256 g/mol. The predicted molar refractivity (Wildman–Crippen MR) is 83.2 cm³/mol. The van der Waals surface area contributed by atoms with Crippen LogP contribution in [0, 0.1) is 0 Å². The Bertz CT molecular complexity index is 262. The fraction of sp³-hybridized carbons (Fsp3) is 0.923. The van der Waals surface area contributed by atoms with Gasteiger partial charge in [-0.1, -0.05) is 0 Å². The number of carbonyl (C=O) groups excluding carboxylic acids is 1. The molecule has 0 aromatic carbocycles. The molecule has 120 valence electrons. The van der Waals surface area contributed by atoms with Gasteiger partial charge in [-0.15, -0.1) is 0 Å². The maximum atomic E-state index is 11.4. The summed E-state index contributed by atoms with van der Waals surface area (Å²) < 4.78 is 0.